The van der Waals surface area contributed by atoms with E-state index >= 15 is 0 Å². The number of likely N-dealkylation sites (N-methyl/N-ethyl adjacent to an activating group) is 1. The van der Waals surface area contributed by atoms with E-state index in [0.717, 1.165) is 0 Å². The summed E-state index contributed by atoms with van der Waals surface area (Å²) < 4.78 is 13.2. The lowest BCUT2D eigenvalue weighted by Crippen LogP contribution is -2.38. The quantitative estimate of drug-likeness (QED) is 0.863. The summed E-state index contributed by atoms with van der Waals surface area (Å²) in [4.78, 5) is 15.1. The van der Waals surface area contributed by atoms with Gasteiger partial charge in [-0.3, -0.25) is 4.79 Å². The lowest BCUT2D eigenvalue weighted by Gasteiger charge is -2.24. The number of tetrazole rings is 1. The normalized spacial score (nSPS) is 12.5. The second-order valence-corrected chi connectivity index (χ2v) is 5.16. The van der Waals surface area contributed by atoms with Gasteiger partial charge in [-0.25, -0.2) is 4.39 Å². The van der Waals surface area contributed by atoms with Crippen LogP contribution < -0.4 is 0 Å². The first-order valence-corrected chi connectivity index (χ1v) is 6.72. The number of carbonyl (C=O) groups excluding carboxylic acids is 1. The Hall–Kier alpha value is -2.31. The van der Waals surface area contributed by atoms with Gasteiger partial charge in [-0.05, 0) is 38.1 Å². The molecule has 2 aromatic rings. The van der Waals surface area contributed by atoms with Crippen LogP contribution in [0.15, 0.2) is 24.3 Å². The third-order valence-corrected chi connectivity index (χ3v) is 3.34. The molecule has 1 aromatic carbocycles. The smallest absolute Gasteiger partial charge is 0.249 e. The highest BCUT2D eigenvalue weighted by Gasteiger charge is 2.23. The van der Waals surface area contributed by atoms with Crippen molar-refractivity contribution in [3.05, 3.63) is 30.1 Å². The first-order chi connectivity index (χ1) is 9.90. The fourth-order valence-corrected chi connectivity index (χ4v) is 1.78. The predicted molar refractivity (Wildman–Crippen MR) is 75.8 cm³/mol. The van der Waals surface area contributed by atoms with Gasteiger partial charge in [0.25, 0.3) is 0 Å². The number of nitrogens with zero attached hydrogens (tertiary/aromatic N) is 5. The average Bonchev–Trinajstić information content (AvgIpc) is 2.94. The maximum atomic E-state index is 13.2. The van der Waals surface area contributed by atoms with Crippen molar-refractivity contribution in [3.63, 3.8) is 0 Å². The molecule has 6 nitrogen and oxygen atoms in total. The van der Waals surface area contributed by atoms with Crippen LogP contribution in [-0.4, -0.2) is 44.1 Å². The first-order valence-electron chi connectivity index (χ1n) is 6.72. The molecule has 1 unspecified atom stereocenters. The van der Waals surface area contributed by atoms with Gasteiger partial charge in [0, 0.05) is 18.7 Å². The molecule has 112 valence electrons. The van der Waals surface area contributed by atoms with Crippen molar-refractivity contribution in [2.24, 2.45) is 0 Å². The molecule has 7 heteroatoms. The maximum Gasteiger partial charge on any atom is 0.249 e. The van der Waals surface area contributed by atoms with Crippen LogP contribution in [0.5, 0.6) is 0 Å². The highest BCUT2D eigenvalue weighted by molar-refractivity contribution is 5.79. The van der Waals surface area contributed by atoms with Gasteiger partial charge < -0.3 is 4.90 Å². The number of amides is 1. The van der Waals surface area contributed by atoms with Crippen molar-refractivity contribution >= 4 is 5.91 Å². The Bertz CT molecular complexity index is 640. The molecule has 0 aliphatic heterocycles. The average molecular weight is 291 g/mol. The Kier molecular flexibility index (Phi) is 4.30. The number of hydrogen-bond donors (Lipinski definition) is 0. The summed E-state index contributed by atoms with van der Waals surface area (Å²) >= 11 is 0. The van der Waals surface area contributed by atoms with Crippen molar-refractivity contribution in [2.45, 2.75) is 32.9 Å². The van der Waals surface area contributed by atoms with Gasteiger partial charge in [0.1, 0.15) is 11.9 Å². The van der Waals surface area contributed by atoms with Gasteiger partial charge in [0.05, 0.1) is 0 Å². The minimum Gasteiger partial charge on any atom is -0.341 e. The minimum atomic E-state index is -0.563. The van der Waals surface area contributed by atoms with Crippen LogP contribution in [0.3, 0.4) is 0 Å². The van der Waals surface area contributed by atoms with Gasteiger partial charge in [-0.2, -0.15) is 4.80 Å². The molecule has 0 radical (unpaired) electrons. The molecule has 1 aromatic heterocycles. The van der Waals surface area contributed by atoms with Gasteiger partial charge in [0.15, 0.2) is 0 Å². The topological polar surface area (TPSA) is 63.9 Å². The Morgan fingerprint density at radius 3 is 2.67 bits per heavy atom. The molecule has 0 fully saturated rings. The monoisotopic (exact) mass is 291 g/mol. The Morgan fingerprint density at radius 2 is 2.05 bits per heavy atom. The SMILES string of the molecule is CC(C)N(C)C(=O)C(C)n1nnc(-c2cccc(F)c2)n1. The second-order valence-electron chi connectivity index (χ2n) is 5.16. The number of carbonyl (C=O) groups is 1. The van der Waals surface area contributed by atoms with Gasteiger partial charge in [-0.15, -0.1) is 10.2 Å². The lowest BCUT2D eigenvalue weighted by molar-refractivity contribution is -0.135. The molecule has 0 saturated carbocycles. The van der Waals surface area contributed by atoms with Gasteiger partial charge in [0.2, 0.25) is 11.7 Å². The molecule has 0 aliphatic carbocycles. The molecule has 1 amide bonds. The summed E-state index contributed by atoms with van der Waals surface area (Å²) in [5.41, 5.74) is 0.526. The third kappa shape index (κ3) is 3.24. The molecular formula is C14H18FN5O. The zero-order chi connectivity index (χ0) is 15.6. The van der Waals surface area contributed by atoms with E-state index in [0.29, 0.717) is 11.4 Å². The molecule has 0 N–H and O–H groups in total. The molecule has 0 spiro atoms. The van der Waals surface area contributed by atoms with Crippen LogP contribution in [0.4, 0.5) is 4.39 Å². The molecule has 0 bridgehead atoms. The predicted octanol–water partition coefficient (Wildman–Crippen LogP) is 1.91. The highest BCUT2D eigenvalue weighted by atomic mass is 19.1. The standard InChI is InChI=1S/C14H18FN5O/c1-9(2)19(4)14(21)10(3)20-17-13(16-18-20)11-6-5-7-12(15)8-11/h5-10H,1-4H3. The molecule has 0 saturated heterocycles. The van der Waals surface area contributed by atoms with Crippen molar-refractivity contribution in [3.8, 4) is 11.4 Å². The first kappa shape index (κ1) is 15.1. The van der Waals surface area contributed by atoms with E-state index in [1.807, 2.05) is 13.8 Å². The van der Waals surface area contributed by atoms with Crippen LogP contribution in [0, 0.1) is 5.82 Å². The number of halogens is 1. The van der Waals surface area contributed by atoms with Crippen LogP contribution >= 0.6 is 0 Å². The second kappa shape index (κ2) is 5.99. The summed E-state index contributed by atoms with van der Waals surface area (Å²) in [5, 5.41) is 11.9. The lowest BCUT2D eigenvalue weighted by atomic mass is 10.2. The summed E-state index contributed by atoms with van der Waals surface area (Å²) in [7, 11) is 1.73. The van der Waals surface area contributed by atoms with E-state index in [9.17, 15) is 9.18 Å². The Balaban J connectivity index is 2.22. The van der Waals surface area contributed by atoms with Crippen molar-refractivity contribution < 1.29 is 9.18 Å². The highest BCUT2D eigenvalue weighted by Crippen LogP contribution is 2.16. The molecule has 0 aliphatic rings. The maximum absolute atomic E-state index is 13.2. The molecule has 21 heavy (non-hydrogen) atoms. The van der Waals surface area contributed by atoms with E-state index in [4.69, 9.17) is 0 Å². The van der Waals surface area contributed by atoms with Crippen molar-refractivity contribution in [1.82, 2.24) is 25.1 Å². The number of rotatable bonds is 4. The van der Waals surface area contributed by atoms with E-state index in [2.05, 4.69) is 15.4 Å². The number of aromatic nitrogens is 4. The van der Waals surface area contributed by atoms with Crippen LogP contribution in [0.2, 0.25) is 0 Å². The number of hydrogen-bond acceptors (Lipinski definition) is 4. The molecule has 2 rings (SSSR count). The third-order valence-electron chi connectivity index (χ3n) is 3.34. The molecular weight excluding hydrogens is 273 g/mol. The fourth-order valence-electron chi connectivity index (χ4n) is 1.78. The van der Waals surface area contributed by atoms with E-state index in [-0.39, 0.29) is 17.8 Å². The zero-order valence-corrected chi connectivity index (χ0v) is 12.5. The fraction of sp³-hybridized carbons (Fsp3) is 0.429. The Morgan fingerprint density at radius 1 is 1.33 bits per heavy atom. The minimum absolute atomic E-state index is 0.0890. The van der Waals surface area contributed by atoms with E-state index in [1.54, 1.807) is 31.0 Å². The number of benzene rings is 1. The van der Waals surface area contributed by atoms with Crippen LogP contribution in [-0.2, 0) is 4.79 Å². The summed E-state index contributed by atoms with van der Waals surface area (Å²) in [6.45, 7) is 5.56. The van der Waals surface area contributed by atoms with E-state index in [1.165, 1.54) is 16.9 Å². The Labute approximate surface area is 122 Å². The summed E-state index contributed by atoms with van der Waals surface area (Å²) in [6, 6.07) is 5.47. The van der Waals surface area contributed by atoms with Crippen molar-refractivity contribution in [2.75, 3.05) is 7.05 Å². The van der Waals surface area contributed by atoms with E-state index < -0.39 is 6.04 Å². The summed E-state index contributed by atoms with van der Waals surface area (Å²) in [5.74, 6) is -0.179. The van der Waals surface area contributed by atoms with Gasteiger partial charge >= 0.3 is 0 Å². The molecule has 1 atom stereocenters. The van der Waals surface area contributed by atoms with Crippen LogP contribution in [0.25, 0.3) is 11.4 Å². The van der Waals surface area contributed by atoms with Crippen LogP contribution in [0.1, 0.15) is 26.8 Å². The van der Waals surface area contributed by atoms with Gasteiger partial charge in [-0.1, -0.05) is 12.1 Å². The zero-order valence-electron chi connectivity index (χ0n) is 12.5. The molecule has 1 heterocycles. The largest absolute Gasteiger partial charge is 0.341 e. The van der Waals surface area contributed by atoms with Crippen molar-refractivity contribution in [1.29, 1.82) is 0 Å². The summed E-state index contributed by atoms with van der Waals surface area (Å²) in [6.07, 6.45) is 0.